The second-order valence-corrected chi connectivity index (χ2v) is 7.29. The zero-order chi connectivity index (χ0) is 17.2. The Hall–Kier alpha value is -0.880. The van der Waals surface area contributed by atoms with Gasteiger partial charge in [0.05, 0.1) is 12.7 Å². The summed E-state index contributed by atoms with van der Waals surface area (Å²) in [7, 11) is 0. The molecule has 1 saturated carbocycles. The molecule has 6 nitrogen and oxygen atoms in total. The normalized spacial score (nSPS) is 24.6. The average Bonchev–Trinajstić information content (AvgIpc) is 2.61. The average molecular weight is 342 g/mol. The molecule has 1 aliphatic heterocycles. The third-order valence-corrected chi connectivity index (χ3v) is 5.47. The van der Waals surface area contributed by atoms with Gasteiger partial charge in [0.2, 0.25) is 0 Å². The van der Waals surface area contributed by atoms with Crippen LogP contribution in [0.5, 0.6) is 0 Å². The first-order chi connectivity index (χ1) is 11.7. The zero-order valence-electron chi connectivity index (χ0n) is 15.2. The summed E-state index contributed by atoms with van der Waals surface area (Å²) in [6, 6.07) is 0. The first-order valence-electron chi connectivity index (χ1n) is 9.87. The van der Waals surface area contributed by atoms with Crippen molar-refractivity contribution < 1.29 is 14.7 Å². The summed E-state index contributed by atoms with van der Waals surface area (Å²) in [6.45, 7) is 4.36. The van der Waals surface area contributed by atoms with Crippen LogP contribution in [-0.2, 0) is 9.57 Å². The van der Waals surface area contributed by atoms with E-state index < -0.39 is 11.3 Å². The summed E-state index contributed by atoms with van der Waals surface area (Å²) in [6.07, 6.45) is 12.7. The number of nitrogens with zero attached hydrogens (tertiary/aromatic N) is 2. The molecule has 0 aromatic carbocycles. The van der Waals surface area contributed by atoms with Crippen LogP contribution >= 0.6 is 0 Å². The van der Waals surface area contributed by atoms with Crippen molar-refractivity contribution in [2.45, 2.75) is 89.9 Å². The SMILES string of the molecule is CCCCCCCC(O[N+](=O)[O-])N1CCOC(C2CCCCC2)C1. The van der Waals surface area contributed by atoms with E-state index >= 15 is 0 Å². The van der Waals surface area contributed by atoms with Gasteiger partial charge in [-0.15, -0.1) is 10.1 Å². The molecule has 0 amide bonds. The van der Waals surface area contributed by atoms with E-state index in [1.807, 2.05) is 0 Å². The van der Waals surface area contributed by atoms with Crippen LogP contribution in [0.4, 0.5) is 0 Å². The quantitative estimate of drug-likeness (QED) is 0.339. The Morgan fingerprint density at radius 1 is 1.21 bits per heavy atom. The number of rotatable bonds is 10. The van der Waals surface area contributed by atoms with E-state index in [1.54, 1.807) is 0 Å². The fraction of sp³-hybridized carbons (Fsp3) is 1.00. The highest BCUT2D eigenvalue weighted by molar-refractivity contribution is 4.81. The zero-order valence-corrected chi connectivity index (χ0v) is 15.2. The Labute approximate surface area is 146 Å². The molecule has 2 atom stereocenters. The smallest absolute Gasteiger partial charge is 0.296 e. The maximum Gasteiger partial charge on any atom is 0.296 e. The molecule has 6 heteroatoms. The van der Waals surface area contributed by atoms with Gasteiger partial charge in [0, 0.05) is 13.1 Å². The van der Waals surface area contributed by atoms with Crippen LogP contribution in [0, 0.1) is 16.0 Å². The van der Waals surface area contributed by atoms with E-state index in [0.717, 1.165) is 32.4 Å². The topological polar surface area (TPSA) is 64.8 Å². The maximum atomic E-state index is 10.9. The number of ether oxygens (including phenoxy) is 1. The monoisotopic (exact) mass is 342 g/mol. The molecule has 1 aliphatic carbocycles. The first kappa shape index (κ1) is 19.4. The molecule has 24 heavy (non-hydrogen) atoms. The maximum absolute atomic E-state index is 10.9. The summed E-state index contributed by atoms with van der Waals surface area (Å²) in [5.74, 6) is 0.613. The predicted molar refractivity (Wildman–Crippen MR) is 93.1 cm³/mol. The number of hydrogen-bond donors (Lipinski definition) is 0. The summed E-state index contributed by atoms with van der Waals surface area (Å²) >= 11 is 0. The van der Waals surface area contributed by atoms with Crippen molar-refractivity contribution in [1.29, 1.82) is 0 Å². The molecule has 2 fully saturated rings. The minimum atomic E-state index is -0.623. The van der Waals surface area contributed by atoms with E-state index in [-0.39, 0.29) is 6.10 Å². The van der Waals surface area contributed by atoms with Crippen molar-refractivity contribution in [2.24, 2.45) is 5.92 Å². The number of unbranched alkanes of at least 4 members (excludes halogenated alkanes) is 4. The van der Waals surface area contributed by atoms with E-state index in [4.69, 9.17) is 9.57 Å². The van der Waals surface area contributed by atoms with Crippen LogP contribution in [-0.4, -0.2) is 42.0 Å². The Morgan fingerprint density at radius 3 is 2.67 bits per heavy atom. The summed E-state index contributed by atoms with van der Waals surface area (Å²) < 4.78 is 5.99. The van der Waals surface area contributed by atoms with Crippen LogP contribution in [0.2, 0.25) is 0 Å². The Balaban J connectivity index is 1.83. The fourth-order valence-corrected chi connectivity index (χ4v) is 4.07. The third kappa shape index (κ3) is 6.55. The third-order valence-electron chi connectivity index (χ3n) is 5.47. The Bertz CT molecular complexity index is 361. The molecule has 2 rings (SSSR count). The summed E-state index contributed by atoms with van der Waals surface area (Å²) in [5, 5.41) is 10.3. The number of morpholine rings is 1. The fourth-order valence-electron chi connectivity index (χ4n) is 4.07. The van der Waals surface area contributed by atoms with Gasteiger partial charge in [-0.2, -0.15) is 0 Å². The van der Waals surface area contributed by atoms with Crippen LogP contribution in [0.15, 0.2) is 0 Å². The van der Waals surface area contributed by atoms with E-state index in [9.17, 15) is 10.1 Å². The van der Waals surface area contributed by atoms with Gasteiger partial charge >= 0.3 is 0 Å². The predicted octanol–water partition coefficient (Wildman–Crippen LogP) is 4.16. The van der Waals surface area contributed by atoms with Gasteiger partial charge in [-0.3, -0.25) is 9.74 Å². The van der Waals surface area contributed by atoms with Gasteiger partial charge in [0.15, 0.2) is 6.23 Å². The molecule has 0 aromatic heterocycles. The van der Waals surface area contributed by atoms with Gasteiger partial charge in [0.25, 0.3) is 5.09 Å². The lowest BCUT2D eigenvalue weighted by atomic mass is 9.84. The van der Waals surface area contributed by atoms with E-state index in [1.165, 1.54) is 51.4 Å². The van der Waals surface area contributed by atoms with Gasteiger partial charge in [-0.1, -0.05) is 51.9 Å². The highest BCUT2D eigenvalue weighted by Crippen LogP contribution is 2.30. The molecule has 0 spiro atoms. The molecule has 140 valence electrons. The van der Waals surface area contributed by atoms with Crippen molar-refractivity contribution in [3.63, 3.8) is 0 Å². The van der Waals surface area contributed by atoms with Crippen molar-refractivity contribution in [3.05, 3.63) is 10.1 Å². The minimum absolute atomic E-state index is 0.219. The molecule has 2 unspecified atom stereocenters. The van der Waals surface area contributed by atoms with Crippen molar-refractivity contribution in [1.82, 2.24) is 4.90 Å². The van der Waals surface area contributed by atoms with E-state index in [0.29, 0.717) is 12.5 Å². The molecule has 0 bridgehead atoms. The lowest BCUT2D eigenvalue weighted by molar-refractivity contribution is -0.775. The molecule has 1 saturated heterocycles. The second kappa shape index (κ2) is 10.9. The van der Waals surface area contributed by atoms with Gasteiger partial charge in [-0.05, 0) is 31.6 Å². The number of hydrogen-bond acceptors (Lipinski definition) is 5. The van der Waals surface area contributed by atoms with Crippen molar-refractivity contribution in [2.75, 3.05) is 19.7 Å². The molecule has 0 aromatic rings. The largest absolute Gasteiger partial charge is 0.375 e. The van der Waals surface area contributed by atoms with Gasteiger partial charge in [0.1, 0.15) is 0 Å². The van der Waals surface area contributed by atoms with Gasteiger partial charge in [-0.25, -0.2) is 0 Å². The highest BCUT2D eigenvalue weighted by Gasteiger charge is 2.33. The standard InChI is InChI=1S/C18H34N2O4/c1-2-3-4-5-9-12-18(24-20(21)22)19-13-14-23-17(15-19)16-10-7-6-8-11-16/h16-18H,2-15H2,1H3. The lowest BCUT2D eigenvalue weighted by Crippen LogP contribution is -2.51. The molecule has 1 heterocycles. The molecule has 0 N–H and O–H groups in total. The summed E-state index contributed by atoms with van der Waals surface area (Å²) in [4.78, 5) is 18.1. The molecule has 2 aliphatic rings. The van der Waals surface area contributed by atoms with Crippen LogP contribution in [0.3, 0.4) is 0 Å². The summed E-state index contributed by atoms with van der Waals surface area (Å²) in [5.41, 5.74) is 0. The highest BCUT2D eigenvalue weighted by atomic mass is 17.0. The first-order valence-corrected chi connectivity index (χ1v) is 9.87. The van der Waals surface area contributed by atoms with Crippen molar-refractivity contribution in [3.8, 4) is 0 Å². The minimum Gasteiger partial charge on any atom is -0.375 e. The van der Waals surface area contributed by atoms with Crippen LogP contribution < -0.4 is 0 Å². The molecular formula is C18H34N2O4. The lowest BCUT2D eigenvalue weighted by Gasteiger charge is -2.40. The van der Waals surface area contributed by atoms with E-state index in [2.05, 4.69) is 11.8 Å². The second-order valence-electron chi connectivity index (χ2n) is 7.29. The molecular weight excluding hydrogens is 308 g/mol. The molecule has 0 radical (unpaired) electrons. The Kier molecular flexibility index (Phi) is 8.81. The Morgan fingerprint density at radius 2 is 1.96 bits per heavy atom. The van der Waals surface area contributed by atoms with Crippen LogP contribution in [0.1, 0.15) is 77.6 Å². The van der Waals surface area contributed by atoms with Crippen LogP contribution in [0.25, 0.3) is 0 Å². The van der Waals surface area contributed by atoms with Crippen molar-refractivity contribution >= 4 is 0 Å². The van der Waals surface area contributed by atoms with Gasteiger partial charge < -0.3 is 4.74 Å².